The number of anilines is 1. The minimum atomic E-state index is -6.95. The van der Waals surface area contributed by atoms with Crippen LogP contribution in [0.4, 0.5) is 50.9 Å². The molecule has 2 aromatic carbocycles. The molecule has 0 aliphatic rings. The van der Waals surface area contributed by atoms with Gasteiger partial charge in [-0.05, 0) is 40.2 Å². The third-order valence-electron chi connectivity index (χ3n) is 4.43. The highest BCUT2D eigenvalue weighted by atomic mass is 79.9. The molecule has 0 aliphatic heterocycles. The van der Waals surface area contributed by atoms with E-state index in [0.717, 1.165) is 12.1 Å². The highest BCUT2D eigenvalue weighted by molar-refractivity contribution is 9.10. The van der Waals surface area contributed by atoms with Gasteiger partial charge in [-0.1, -0.05) is 11.6 Å². The number of hydrogen-bond acceptors (Lipinski definition) is 4. The van der Waals surface area contributed by atoms with Crippen molar-refractivity contribution in [3.8, 4) is 6.07 Å². The van der Waals surface area contributed by atoms with Crippen molar-refractivity contribution in [2.75, 3.05) is 5.32 Å². The molecule has 2 aromatic rings. The fraction of sp³-hybridized carbons (Fsp3) is 0.222. The number of benzene rings is 2. The van der Waals surface area contributed by atoms with Crippen LogP contribution < -0.4 is 5.32 Å². The van der Waals surface area contributed by atoms with Gasteiger partial charge >= 0.3 is 23.9 Å². The van der Waals surface area contributed by atoms with Crippen LogP contribution in [0.1, 0.15) is 21.5 Å². The first-order valence-corrected chi connectivity index (χ1v) is 9.66. The fourth-order valence-electron chi connectivity index (χ4n) is 2.71. The summed E-state index contributed by atoms with van der Waals surface area (Å²) in [7, 11) is 0. The fourth-order valence-corrected chi connectivity index (χ4v) is 3.65. The maximum absolute atomic E-state index is 14.7. The highest BCUT2D eigenvalue weighted by Gasteiger charge is 2.81. The Labute approximate surface area is 201 Å². The Morgan fingerprint density at radius 3 is 2.03 bits per heavy atom. The molecule has 188 valence electrons. The van der Waals surface area contributed by atoms with Gasteiger partial charge in [0.1, 0.15) is 11.6 Å². The number of nitrogens with one attached hydrogen (secondary N) is 1. The monoisotopic (exact) mass is 597 g/mol. The van der Waals surface area contributed by atoms with Gasteiger partial charge in [0.15, 0.2) is 0 Å². The first kappa shape index (κ1) is 28.2. The number of nitro groups is 1. The van der Waals surface area contributed by atoms with E-state index in [-0.39, 0.29) is 12.1 Å². The number of carbonyl (C=O) groups is 1. The number of halogens is 11. The third-order valence-corrected chi connectivity index (χ3v) is 5.36. The molecule has 0 radical (unpaired) electrons. The lowest BCUT2D eigenvalue weighted by Crippen LogP contribution is -2.59. The molecular formula is C18H6BrClF9N3O3. The Kier molecular flexibility index (Phi) is 7.40. The molecule has 17 heteroatoms. The standard InChI is InChI=1S/C18H6BrClF9N3O3/c19-10-4-9(15(21,17(24,25)26)16(22,23)18(27,28)29)5-11(20)13(10)31-14(33)7-1-2-8(6-30)12(3-7)32(34)35/h1-5H,(H,31,33). The second-order valence-electron chi connectivity index (χ2n) is 6.60. The summed E-state index contributed by atoms with van der Waals surface area (Å²) in [6.07, 6.45) is -13.7. The Bertz CT molecular complexity index is 1220. The maximum atomic E-state index is 14.7. The van der Waals surface area contributed by atoms with Gasteiger partial charge in [-0.3, -0.25) is 14.9 Å². The molecule has 0 saturated heterocycles. The Morgan fingerprint density at radius 1 is 1.03 bits per heavy atom. The summed E-state index contributed by atoms with van der Waals surface area (Å²) >= 11 is 8.19. The second kappa shape index (κ2) is 9.19. The van der Waals surface area contributed by atoms with Crippen LogP contribution in [-0.2, 0) is 5.67 Å². The molecule has 0 bridgehead atoms. The molecule has 1 N–H and O–H groups in total. The van der Waals surface area contributed by atoms with Gasteiger partial charge in [0.25, 0.3) is 11.6 Å². The summed E-state index contributed by atoms with van der Waals surface area (Å²) in [6.45, 7) is 0. The van der Waals surface area contributed by atoms with E-state index in [1.165, 1.54) is 6.07 Å². The van der Waals surface area contributed by atoms with E-state index in [0.29, 0.717) is 6.07 Å². The molecule has 1 atom stereocenters. The maximum Gasteiger partial charge on any atom is 0.457 e. The van der Waals surface area contributed by atoms with Gasteiger partial charge in [0, 0.05) is 21.7 Å². The van der Waals surface area contributed by atoms with Crippen LogP contribution in [0.25, 0.3) is 0 Å². The van der Waals surface area contributed by atoms with Crippen LogP contribution in [0.15, 0.2) is 34.8 Å². The third kappa shape index (κ3) is 4.87. The minimum Gasteiger partial charge on any atom is -0.320 e. The van der Waals surface area contributed by atoms with Crippen molar-refractivity contribution in [2.24, 2.45) is 0 Å². The Morgan fingerprint density at radius 2 is 1.60 bits per heavy atom. The van der Waals surface area contributed by atoms with Crippen molar-refractivity contribution >= 4 is 44.8 Å². The van der Waals surface area contributed by atoms with E-state index in [4.69, 9.17) is 16.9 Å². The largest absolute Gasteiger partial charge is 0.457 e. The zero-order valence-corrected chi connectivity index (χ0v) is 18.5. The van der Waals surface area contributed by atoms with Gasteiger partial charge in [0.2, 0.25) is 0 Å². The van der Waals surface area contributed by atoms with Gasteiger partial charge < -0.3 is 5.32 Å². The number of amides is 1. The topological polar surface area (TPSA) is 96.0 Å². The number of alkyl halides is 9. The SMILES string of the molecule is N#Cc1ccc(C(=O)Nc2c(Cl)cc(C(F)(C(F)(F)F)C(F)(F)C(F)(F)F)cc2Br)cc1[N+](=O)[O-]. The molecule has 0 aromatic heterocycles. The number of nitriles is 1. The van der Waals surface area contributed by atoms with Crippen molar-refractivity contribution in [1.82, 2.24) is 0 Å². The lowest BCUT2D eigenvalue weighted by Gasteiger charge is -2.36. The zero-order chi connectivity index (χ0) is 27.1. The highest BCUT2D eigenvalue weighted by Crippen LogP contribution is 2.59. The van der Waals surface area contributed by atoms with Gasteiger partial charge in [-0.25, -0.2) is 4.39 Å². The summed E-state index contributed by atoms with van der Waals surface area (Å²) in [6, 6.07) is 3.72. The molecule has 0 fully saturated rings. The van der Waals surface area contributed by atoms with Crippen LogP contribution >= 0.6 is 27.5 Å². The summed E-state index contributed by atoms with van der Waals surface area (Å²) in [5.74, 6) is -8.15. The Balaban J connectivity index is 2.58. The van der Waals surface area contributed by atoms with E-state index in [2.05, 4.69) is 15.9 Å². The summed E-state index contributed by atoms with van der Waals surface area (Å²) in [5.41, 5.74) is -10.9. The first-order chi connectivity index (χ1) is 15.8. The summed E-state index contributed by atoms with van der Waals surface area (Å²) in [4.78, 5) is 22.4. The van der Waals surface area contributed by atoms with Crippen molar-refractivity contribution in [2.45, 2.75) is 23.9 Å². The predicted octanol–water partition coefficient (Wildman–Crippen LogP) is 7.06. The lowest BCUT2D eigenvalue weighted by molar-refractivity contribution is -0.389. The molecule has 0 heterocycles. The van der Waals surface area contributed by atoms with Gasteiger partial charge in [-0.15, -0.1) is 0 Å². The molecule has 0 spiro atoms. The molecular weight excluding hydrogens is 593 g/mol. The zero-order valence-electron chi connectivity index (χ0n) is 16.2. The number of rotatable bonds is 5. The first-order valence-electron chi connectivity index (χ1n) is 8.49. The number of carbonyl (C=O) groups excluding carboxylic acids is 1. The van der Waals surface area contributed by atoms with Gasteiger partial charge in [0.05, 0.1) is 15.6 Å². The average molecular weight is 599 g/mol. The van der Waals surface area contributed by atoms with Crippen LogP contribution in [0.5, 0.6) is 0 Å². The molecule has 2 rings (SSSR count). The smallest absolute Gasteiger partial charge is 0.320 e. The lowest BCUT2D eigenvalue weighted by atomic mass is 9.87. The van der Waals surface area contributed by atoms with Crippen molar-refractivity contribution in [3.05, 3.63) is 66.6 Å². The van der Waals surface area contributed by atoms with E-state index in [9.17, 15) is 54.4 Å². The van der Waals surface area contributed by atoms with E-state index in [1.54, 1.807) is 0 Å². The predicted molar refractivity (Wildman–Crippen MR) is 105 cm³/mol. The van der Waals surface area contributed by atoms with Crippen LogP contribution in [0, 0.1) is 21.4 Å². The van der Waals surface area contributed by atoms with Crippen molar-refractivity contribution < 1.29 is 49.2 Å². The number of nitrogens with zero attached hydrogens (tertiary/aromatic N) is 2. The quantitative estimate of drug-likeness (QED) is 0.227. The molecule has 35 heavy (non-hydrogen) atoms. The van der Waals surface area contributed by atoms with Crippen molar-refractivity contribution in [1.29, 1.82) is 5.26 Å². The molecule has 1 amide bonds. The normalized spacial score (nSPS) is 14.1. The van der Waals surface area contributed by atoms with Crippen molar-refractivity contribution in [3.63, 3.8) is 0 Å². The molecule has 1 unspecified atom stereocenters. The average Bonchev–Trinajstić information content (AvgIpc) is 2.72. The number of nitro benzene ring substituents is 1. The van der Waals surface area contributed by atoms with Crippen LogP contribution in [0.2, 0.25) is 5.02 Å². The molecule has 6 nitrogen and oxygen atoms in total. The molecule has 0 saturated carbocycles. The second-order valence-corrected chi connectivity index (χ2v) is 7.86. The molecule has 0 aliphatic carbocycles. The van der Waals surface area contributed by atoms with Gasteiger partial charge in [-0.2, -0.15) is 40.4 Å². The summed E-state index contributed by atoms with van der Waals surface area (Å²) in [5, 5.41) is 20.7. The Hall–Kier alpha value is -3.06. The van der Waals surface area contributed by atoms with Crippen LogP contribution in [-0.4, -0.2) is 29.1 Å². The van der Waals surface area contributed by atoms with E-state index < -0.39 is 72.3 Å². The number of hydrogen-bond donors (Lipinski definition) is 1. The minimum absolute atomic E-state index is 0.0874. The summed E-state index contributed by atoms with van der Waals surface area (Å²) < 4.78 is 119. The van der Waals surface area contributed by atoms with Crippen LogP contribution in [0.3, 0.4) is 0 Å². The van der Waals surface area contributed by atoms with E-state index >= 15 is 0 Å². The van der Waals surface area contributed by atoms with E-state index in [1.807, 2.05) is 5.32 Å².